The van der Waals surface area contributed by atoms with Gasteiger partial charge in [0.25, 0.3) is 0 Å². The fourth-order valence-electron chi connectivity index (χ4n) is 2.59. The molecule has 17 heavy (non-hydrogen) atoms. The van der Waals surface area contributed by atoms with Crippen LogP contribution in [0.2, 0.25) is 0 Å². The minimum Gasteiger partial charge on any atom is -0.369 e. The maximum atomic E-state index is 11.7. The third kappa shape index (κ3) is 3.08. The van der Waals surface area contributed by atoms with Crippen LogP contribution < -0.4 is 5.73 Å². The van der Waals surface area contributed by atoms with Crippen molar-refractivity contribution in [3.05, 3.63) is 11.6 Å². The van der Waals surface area contributed by atoms with Gasteiger partial charge in [0, 0.05) is 19.5 Å². The van der Waals surface area contributed by atoms with E-state index in [4.69, 9.17) is 5.73 Å². The smallest absolute Gasteiger partial charge is 0.223 e. The molecule has 1 unspecified atom stereocenters. The van der Waals surface area contributed by atoms with Crippen molar-refractivity contribution in [3.63, 3.8) is 0 Å². The van der Waals surface area contributed by atoms with Crippen molar-refractivity contribution in [1.82, 2.24) is 4.90 Å². The molecule has 1 saturated heterocycles. The van der Waals surface area contributed by atoms with E-state index in [9.17, 15) is 9.59 Å². The van der Waals surface area contributed by atoms with E-state index in [2.05, 4.69) is 6.08 Å². The van der Waals surface area contributed by atoms with Gasteiger partial charge in [0.15, 0.2) is 0 Å². The highest BCUT2D eigenvalue weighted by molar-refractivity contribution is 5.88. The summed E-state index contributed by atoms with van der Waals surface area (Å²) in [4.78, 5) is 24.5. The quantitative estimate of drug-likeness (QED) is 0.746. The van der Waals surface area contributed by atoms with Crippen LogP contribution in [0.25, 0.3) is 0 Å². The molecule has 2 rings (SSSR count). The zero-order valence-corrected chi connectivity index (χ0v) is 10.2. The number of nitrogens with two attached hydrogens (primary N) is 1. The third-order valence-electron chi connectivity index (χ3n) is 3.70. The zero-order valence-electron chi connectivity index (χ0n) is 10.2. The number of likely N-dealkylation sites (tertiary alicyclic amines) is 1. The van der Waals surface area contributed by atoms with Crippen molar-refractivity contribution in [3.8, 4) is 0 Å². The standard InChI is InChI=1S/C13H20N2O2/c14-13(17)11-8-12(16)15(9-11)7-6-10-4-2-1-3-5-10/h4,11H,1-3,5-9H2,(H2,14,17). The molecular weight excluding hydrogens is 216 g/mol. The van der Waals surface area contributed by atoms with E-state index in [0.29, 0.717) is 13.0 Å². The SMILES string of the molecule is NC(=O)C1CC(=O)N(CCC2=CCCCC2)C1. The van der Waals surface area contributed by atoms with Crippen LogP contribution in [-0.4, -0.2) is 29.8 Å². The maximum Gasteiger partial charge on any atom is 0.223 e. The molecule has 0 radical (unpaired) electrons. The molecule has 2 aliphatic rings. The fraction of sp³-hybridized carbons (Fsp3) is 0.692. The summed E-state index contributed by atoms with van der Waals surface area (Å²) < 4.78 is 0. The van der Waals surface area contributed by atoms with Gasteiger partial charge in [-0.15, -0.1) is 0 Å². The molecule has 0 spiro atoms. The summed E-state index contributed by atoms with van der Waals surface area (Å²) in [6.07, 6.45) is 8.45. The van der Waals surface area contributed by atoms with E-state index in [0.717, 1.165) is 13.0 Å². The van der Waals surface area contributed by atoms with Gasteiger partial charge in [0.05, 0.1) is 5.92 Å². The van der Waals surface area contributed by atoms with Crippen LogP contribution in [0.15, 0.2) is 11.6 Å². The lowest BCUT2D eigenvalue weighted by molar-refractivity contribution is -0.128. The Bertz CT molecular complexity index is 349. The lowest BCUT2D eigenvalue weighted by atomic mass is 9.97. The summed E-state index contributed by atoms with van der Waals surface area (Å²) >= 11 is 0. The summed E-state index contributed by atoms with van der Waals surface area (Å²) in [5.74, 6) is -0.550. The molecule has 0 aromatic rings. The van der Waals surface area contributed by atoms with Crippen molar-refractivity contribution in [2.24, 2.45) is 11.7 Å². The Morgan fingerprint density at radius 3 is 2.88 bits per heavy atom. The predicted molar refractivity (Wildman–Crippen MR) is 65.0 cm³/mol. The molecule has 1 heterocycles. The van der Waals surface area contributed by atoms with Gasteiger partial charge in [-0.3, -0.25) is 9.59 Å². The number of carbonyl (C=O) groups excluding carboxylic acids is 2. The first-order chi connectivity index (χ1) is 8.16. The highest BCUT2D eigenvalue weighted by Crippen LogP contribution is 2.23. The highest BCUT2D eigenvalue weighted by atomic mass is 16.2. The molecule has 1 aliphatic heterocycles. The average molecular weight is 236 g/mol. The number of primary amides is 1. The van der Waals surface area contributed by atoms with Crippen LogP contribution in [-0.2, 0) is 9.59 Å². The van der Waals surface area contributed by atoms with Crippen LogP contribution in [0.3, 0.4) is 0 Å². The minimum atomic E-state index is -0.349. The molecule has 4 heteroatoms. The second-order valence-electron chi connectivity index (χ2n) is 5.00. The first-order valence-corrected chi connectivity index (χ1v) is 6.42. The Hall–Kier alpha value is -1.32. The second-order valence-corrected chi connectivity index (χ2v) is 5.00. The van der Waals surface area contributed by atoms with E-state index in [1.807, 2.05) is 0 Å². The molecule has 2 amide bonds. The summed E-state index contributed by atoms with van der Waals surface area (Å²) in [6, 6.07) is 0. The van der Waals surface area contributed by atoms with Crippen molar-refractivity contribution in [2.75, 3.05) is 13.1 Å². The highest BCUT2D eigenvalue weighted by Gasteiger charge is 2.32. The predicted octanol–water partition coefficient (Wildman–Crippen LogP) is 1.21. The molecule has 94 valence electrons. The lowest BCUT2D eigenvalue weighted by Crippen LogP contribution is -2.29. The summed E-state index contributed by atoms with van der Waals surface area (Å²) in [5.41, 5.74) is 6.70. The van der Waals surface area contributed by atoms with Gasteiger partial charge in [0.2, 0.25) is 11.8 Å². The summed E-state index contributed by atoms with van der Waals surface area (Å²) in [6.45, 7) is 1.26. The number of allylic oxidation sites excluding steroid dienone is 1. The van der Waals surface area contributed by atoms with Crippen molar-refractivity contribution < 1.29 is 9.59 Å². The van der Waals surface area contributed by atoms with Crippen LogP contribution in [0.4, 0.5) is 0 Å². The van der Waals surface area contributed by atoms with Crippen LogP contribution in [0.5, 0.6) is 0 Å². The molecule has 1 atom stereocenters. The molecule has 4 nitrogen and oxygen atoms in total. The Kier molecular flexibility index (Phi) is 3.82. The van der Waals surface area contributed by atoms with Gasteiger partial charge in [-0.2, -0.15) is 0 Å². The van der Waals surface area contributed by atoms with Gasteiger partial charge >= 0.3 is 0 Å². The van der Waals surface area contributed by atoms with E-state index < -0.39 is 0 Å². The molecule has 0 aromatic heterocycles. The van der Waals surface area contributed by atoms with E-state index in [-0.39, 0.29) is 17.7 Å². The fourth-order valence-corrected chi connectivity index (χ4v) is 2.59. The Labute approximate surface area is 102 Å². The second kappa shape index (κ2) is 5.34. The third-order valence-corrected chi connectivity index (χ3v) is 3.70. The number of hydrogen-bond donors (Lipinski definition) is 1. The van der Waals surface area contributed by atoms with Gasteiger partial charge in [-0.25, -0.2) is 0 Å². The number of amides is 2. The summed E-state index contributed by atoms with van der Waals surface area (Å²) in [7, 11) is 0. The first-order valence-electron chi connectivity index (χ1n) is 6.42. The maximum absolute atomic E-state index is 11.7. The molecule has 1 aliphatic carbocycles. The zero-order chi connectivity index (χ0) is 12.3. The van der Waals surface area contributed by atoms with E-state index >= 15 is 0 Å². The summed E-state index contributed by atoms with van der Waals surface area (Å²) in [5, 5.41) is 0. The van der Waals surface area contributed by atoms with Crippen molar-refractivity contribution in [2.45, 2.75) is 38.5 Å². The Morgan fingerprint density at radius 1 is 1.47 bits per heavy atom. The van der Waals surface area contributed by atoms with Gasteiger partial charge in [0.1, 0.15) is 0 Å². The monoisotopic (exact) mass is 236 g/mol. The minimum absolute atomic E-state index is 0.0743. The molecule has 1 fully saturated rings. The lowest BCUT2D eigenvalue weighted by Gasteiger charge is -2.19. The van der Waals surface area contributed by atoms with Gasteiger partial charge in [-0.05, 0) is 32.1 Å². The normalized spacial score (nSPS) is 24.9. The van der Waals surface area contributed by atoms with Crippen LogP contribution in [0.1, 0.15) is 38.5 Å². The van der Waals surface area contributed by atoms with Crippen molar-refractivity contribution >= 4 is 11.8 Å². The molecule has 2 N–H and O–H groups in total. The van der Waals surface area contributed by atoms with Crippen molar-refractivity contribution in [1.29, 1.82) is 0 Å². The largest absolute Gasteiger partial charge is 0.369 e. The average Bonchev–Trinajstić information content (AvgIpc) is 2.70. The van der Waals surface area contributed by atoms with Gasteiger partial charge in [-0.1, -0.05) is 11.6 Å². The van der Waals surface area contributed by atoms with E-state index in [1.54, 1.807) is 4.90 Å². The number of nitrogens with zero attached hydrogens (tertiary/aromatic N) is 1. The molecule has 0 saturated carbocycles. The molecule has 0 aromatic carbocycles. The van der Waals surface area contributed by atoms with Gasteiger partial charge < -0.3 is 10.6 Å². The first kappa shape index (κ1) is 12.1. The Morgan fingerprint density at radius 2 is 2.29 bits per heavy atom. The van der Waals surface area contributed by atoms with Crippen LogP contribution in [0, 0.1) is 5.92 Å². The topological polar surface area (TPSA) is 63.4 Å². The number of carbonyl (C=O) groups is 2. The number of rotatable bonds is 4. The van der Waals surface area contributed by atoms with E-state index in [1.165, 1.54) is 31.3 Å². The van der Waals surface area contributed by atoms with Crippen LogP contribution >= 0.6 is 0 Å². The molecule has 0 bridgehead atoms. The molecular formula is C13H20N2O2. The Balaban J connectivity index is 1.81. The number of hydrogen-bond acceptors (Lipinski definition) is 2.